The highest BCUT2D eigenvalue weighted by Crippen LogP contribution is 2.00. The highest BCUT2D eigenvalue weighted by atomic mass is 35.6. The Balaban J connectivity index is 0. The second-order valence-corrected chi connectivity index (χ2v) is 6.09. The summed E-state index contributed by atoms with van der Waals surface area (Å²) in [5.41, 5.74) is 0. The molecule has 2 N–H and O–H groups in total. The Kier molecular flexibility index (Phi) is 10.4. The zero-order valence-electron chi connectivity index (χ0n) is 4.87. The van der Waals surface area contributed by atoms with Crippen LogP contribution in [-0.4, -0.2) is 18.7 Å². The van der Waals surface area contributed by atoms with Gasteiger partial charge in [-0.25, -0.2) is 0 Å². The van der Waals surface area contributed by atoms with Crippen molar-refractivity contribution in [2.24, 2.45) is 0 Å². The van der Waals surface area contributed by atoms with E-state index in [1.165, 1.54) is 10.6 Å². The van der Waals surface area contributed by atoms with Crippen molar-refractivity contribution in [3.63, 3.8) is 0 Å². The van der Waals surface area contributed by atoms with Crippen molar-refractivity contribution >= 4 is 23.3 Å². The maximum absolute atomic E-state index is 5.79. The van der Waals surface area contributed by atoms with E-state index < -0.39 is 13.2 Å². The largest absolute Gasteiger partial charge is 0.412 e. The molecule has 7 heavy (non-hydrogen) atoms. The van der Waals surface area contributed by atoms with E-state index in [1.54, 1.807) is 0 Å². The van der Waals surface area contributed by atoms with E-state index in [9.17, 15) is 0 Å². The first-order chi connectivity index (χ1) is 2.81. The fourth-order valence-corrected chi connectivity index (χ4v) is 0.866. The molecule has 0 fully saturated rings. The summed E-state index contributed by atoms with van der Waals surface area (Å²) in [6.45, 7) is 4.32. The van der Waals surface area contributed by atoms with Crippen molar-refractivity contribution in [1.82, 2.24) is 0 Å². The molecule has 0 saturated heterocycles. The summed E-state index contributed by atoms with van der Waals surface area (Å²) in [6, 6.07) is 0. The van der Waals surface area contributed by atoms with Gasteiger partial charge in [0.15, 0.2) is 0 Å². The van der Waals surface area contributed by atoms with Crippen LogP contribution in [0.25, 0.3) is 0 Å². The summed E-state index contributed by atoms with van der Waals surface area (Å²) in [5.74, 6) is 0. The minimum absolute atomic E-state index is 0. The topological polar surface area (TPSA) is 31.5 Å². The molecule has 0 aliphatic carbocycles. The Morgan fingerprint density at radius 2 is 1.57 bits per heavy atom. The molecule has 0 radical (unpaired) electrons. The van der Waals surface area contributed by atoms with E-state index in [4.69, 9.17) is 10.0 Å². The van der Waals surface area contributed by atoms with E-state index in [-0.39, 0.29) is 5.48 Å². The van der Waals surface area contributed by atoms with E-state index in [2.05, 4.69) is 13.8 Å². The van der Waals surface area contributed by atoms with Gasteiger partial charge in [0.2, 0.25) is 0 Å². The first-order valence-electron chi connectivity index (χ1n) is 2.45. The molecule has 0 aromatic rings. The van der Waals surface area contributed by atoms with Gasteiger partial charge in [0.25, 0.3) is 0 Å². The van der Waals surface area contributed by atoms with Crippen LogP contribution in [0.2, 0.25) is 10.6 Å². The third kappa shape index (κ3) is 6.78. The van der Waals surface area contributed by atoms with Crippen LogP contribution in [0.1, 0.15) is 13.8 Å². The van der Waals surface area contributed by atoms with Gasteiger partial charge in [0.1, 0.15) is 0 Å². The first-order valence-corrected chi connectivity index (χ1v) is 5.83. The van der Waals surface area contributed by atoms with E-state index in [0.29, 0.717) is 0 Å². The van der Waals surface area contributed by atoms with Gasteiger partial charge < -0.3 is 5.48 Å². The first kappa shape index (κ1) is 10.7. The normalized spacial score (nSPS) is 7.29. The van der Waals surface area contributed by atoms with Crippen LogP contribution in [0, 0.1) is 0 Å². The lowest BCUT2D eigenvalue weighted by molar-refractivity contribution is 0.824. The smallest absolute Gasteiger partial charge is 0.399 e. The quantitative estimate of drug-likeness (QED) is 0.517. The third-order valence-electron chi connectivity index (χ3n) is 0.886. The summed E-state index contributed by atoms with van der Waals surface area (Å²) in [5, 5.41) is 2.47. The van der Waals surface area contributed by atoms with Gasteiger partial charge in [-0.1, -0.05) is 24.4 Å². The molecule has 44 valence electrons. The molecule has 0 amide bonds. The summed E-state index contributed by atoms with van der Waals surface area (Å²) in [7, 11) is 5.79. The third-order valence-corrected chi connectivity index (χ3v) is 4.51. The maximum atomic E-state index is 5.79. The van der Waals surface area contributed by atoms with E-state index in [0.717, 1.165) is 0 Å². The molecule has 0 heterocycles. The van der Waals surface area contributed by atoms with Crippen molar-refractivity contribution in [2.45, 2.75) is 24.4 Å². The predicted octanol–water partition coefficient (Wildman–Crippen LogP) is 1.43. The maximum Gasteiger partial charge on any atom is 0.399 e. The molecule has 0 unspecified atom stereocenters. The molecule has 0 spiro atoms. The van der Waals surface area contributed by atoms with Gasteiger partial charge in [-0.2, -0.15) is 0 Å². The summed E-state index contributed by atoms with van der Waals surface area (Å²) < 4.78 is 0. The predicted molar refractivity (Wildman–Crippen MR) is 36.2 cm³/mol. The fourth-order valence-electron chi connectivity index (χ4n) is 0.289. The molecule has 0 rings (SSSR count). The van der Waals surface area contributed by atoms with Gasteiger partial charge in [-0.15, -0.1) is 0 Å². The summed E-state index contributed by atoms with van der Waals surface area (Å²) in [6.07, 6.45) is 0. The second kappa shape index (κ2) is 6.78. The highest BCUT2D eigenvalue weighted by Gasteiger charge is 2.04. The van der Waals surface area contributed by atoms with Crippen LogP contribution in [0.5, 0.6) is 0 Å². The number of rotatable bonds is 2. The van der Waals surface area contributed by atoms with Crippen LogP contribution in [0.4, 0.5) is 0 Å². The minimum atomic E-state index is -0.688. The molecular weight excluding hydrogens is 126 g/mol. The van der Waals surface area contributed by atoms with Crippen molar-refractivity contribution in [3.05, 3.63) is 0 Å². The standard InChI is InChI=1S/2C2H5.Al.ClH.H2O/c2*1-2;;;/h2*1H2,2H3;;1H;1H2/q;;+1;;/p-1. The van der Waals surface area contributed by atoms with E-state index >= 15 is 0 Å². The van der Waals surface area contributed by atoms with Gasteiger partial charge in [-0.3, -0.25) is 10.0 Å². The molecule has 0 aliphatic rings. The van der Waals surface area contributed by atoms with Crippen molar-refractivity contribution < 1.29 is 5.48 Å². The zero-order chi connectivity index (χ0) is 4.99. The van der Waals surface area contributed by atoms with Crippen LogP contribution >= 0.6 is 10.0 Å². The van der Waals surface area contributed by atoms with Crippen molar-refractivity contribution in [3.8, 4) is 0 Å². The Hall–Kier alpha value is 0.782. The molecule has 0 bridgehead atoms. The average Bonchev–Trinajstić information content (AvgIpc) is 1.65. The fraction of sp³-hybridized carbons (Fsp3) is 1.00. The van der Waals surface area contributed by atoms with Crippen LogP contribution in [0.3, 0.4) is 0 Å². The lowest BCUT2D eigenvalue weighted by atomic mass is 10.9. The molecular formula is C4H12AlClO. The summed E-state index contributed by atoms with van der Waals surface area (Å²) >= 11 is -0.688. The Labute approximate surface area is 53.6 Å². The van der Waals surface area contributed by atoms with Gasteiger partial charge in [0, 0.05) is 0 Å². The van der Waals surface area contributed by atoms with Crippen molar-refractivity contribution in [2.75, 3.05) is 0 Å². The average molecular weight is 139 g/mol. The van der Waals surface area contributed by atoms with Crippen LogP contribution in [-0.2, 0) is 0 Å². The highest BCUT2D eigenvalue weighted by molar-refractivity contribution is 7.06. The lowest BCUT2D eigenvalue weighted by Gasteiger charge is -1.86. The molecule has 3 heteroatoms. The Morgan fingerprint density at radius 3 is 1.57 bits per heavy atom. The molecule has 0 aromatic carbocycles. The summed E-state index contributed by atoms with van der Waals surface area (Å²) in [4.78, 5) is 0. The Bertz CT molecular complexity index is 30.9. The van der Waals surface area contributed by atoms with Crippen LogP contribution < -0.4 is 0 Å². The second-order valence-electron chi connectivity index (χ2n) is 1.41. The molecule has 0 aliphatic heterocycles. The monoisotopic (exact) mass is 138 g/mol. The Morgan fingerprint density at radius 1 is 1.29 bits per heavy atom. The molecule has 0 atom stereocenters. The van der Waals surface area contributed by atoms with Crippen molar-refractivity contribution in [1.29, 1.82) is 0 Å². The van der Waals surface area contributed by atoms with Gasteiger partial charge in [0.05, 0.1) is 0 Å². The minimum Gasteiger partial charge on any atom is -0.412 e. The molecule has 0 aromatic heterocycles. The molecule has 1 nitrogen and oxygen atoms in total. The van der Waals surface area contributed by atoms with E-state index in [1.807, 2.05) is 0 Å². The number of halogens is 1. The molecule has 0 saturated carbocycles. The zero-order valence-corrected chi connectivity index (χ0v) is 6.78. The van der Waals surface area contributed by atoms with Gasteiger partial charge in [-0.05, 0) is 0 Å². The number of hydrogen-bond acceptors (Lipinski definition) is 0. The lowest BCUT2D eigenvalue weighted by Crippen LogP contribution is -1.95. The SMILES string of the molecule is C[CH2][Al]([Cl])[CH2]C.O. The number of hydrogen-bond donors (Lipinski definition) is 0. The van der Waals surface area contributed by atoms with Gasteiger partial charge >= 0.3 is 13.2 Å². The van der Waals surface area contributed by atoms with Crippen LogP contribution in [0.15, 0.2) is 0 Å².